The molecule has 0 radical (unpaired) electrons. The fraction of sp³-hybridized carbons (Fsp3) is 1.00. The van der Waals surface area contributed by atoms with Crippen molar-refractivity contribution in [2.75, 3.05) is 0 Å². The van der Waals surface area contributed by atoms with Crippen LogP contribution in [0.3, 0.4) is 0 Å². The average Bonchev–Trinajstić information content (AvgIpc) is 2.55. The molecule has 2 saturated carbocycles. The van der Waals surface area contributed by atoms with E-state index in [1.54, 1.807) is 0 Å². The van der Waals surface area contributed by atoms with Crippen LogP contribution in [0.5, 0.6) is 0 Å². The van der Waals surface area contributed by atoms with Crippen molar-refractivity contribution in [1.29, 1.82) is 0 Å². The van der Waals surface area contributed by atoms with E-state index < -0.39 is 0 Å². The molecule has 0 amide bonds. The smallest absolute Gasteiger partial charge is 0.0632 e. The van der Waals surface area contributed by atoms with E-state index in [0.29, 0.717) is 12.2 Å². The lowest BCUT2D eigenvalue weighted by molar-refractivity contribution is -0.113. The third-order valence-corrected chi connectivity index (χ3v) is 4.33. The average molecular weight is 268 g/mol. The van der Waals surface area contributed by atoms with Crippen molar-refractivity contribution < 1.29 is 9.47 Å². The largest absolute Gasteiger partial charge is 0.373 e. The maximum Gasteiger partial charge on any atom is 0.0632 e. The summed E-state index contributed by atoms with van der Waals surface area (Å²) in [6, 6.07) is 0. The highest BCUT2D eigenvalue weighted by molar-refractivity contribution is 4.85. The Morgan fingerprint density at radius 3 is 2.05 bits per heavy atom. The molecule has 2 unspecified atom stereocenters. The highest BCUT2D eigenvalue weighted by Crippen LogP contribution is 2.38. The first-order valence-electron chi connectivity index (χ1n) is 8.09. The van der Waals surface area contributed by atoms with Gasteiger partial charge in [0.25, 0.3) is 0 Å². The summed E-state index contributed by atoms with van der Waals surface area (Å²) < 4.78 is 12.3. The zero-order chi connectivity index (χ0) is 14.1. The van der Waals surface area contributed by atoms with Gasteiger partial charge in [0, 0.05) is 0 Å². The molecule has 0 N–H and O–H groups in total. The van der Waals surface area contributed by atoms with E-state index in [9.17, 15) is 0 Å². The molecule has 2 aliphatic carbocycles. The standard InChI is InChI=1S/C17H32O2/c1-16(2,3)18-15-10-9-13(11-15)12-17(4,5)19-14-7-6-8-14/h13-15H,6-12H2,1-5H3. The van der Waals surface area contributed by atoms with E-state index in [0.717, 1.165) is 5.92 Å². The molecular formula is C17H32O2. The Labute approximate surface area is 119 Å². The minimum atomic E-state index is -0.00248. The van der Waals surface area contributed by atoms with Crippen LogP contribution in [0.1, 0.15) is 79.6 Å². The second-order valence-electron chi connectivity index (χ2n) is 8.17. The molecule has 2 nitrogen and oxygen atoms in total. The first-order chi connectivity index (χ1) is 8.73. The van der Waals surface area contributed by atoms with E-state index in [1.807, 2.05) is 0 Å². The van der Waals surface area contributed by atoms with Gasteiger partial charge in [0.1, 0.15) is 0 Å². The zero-order valence-corrected chi connectivity index (χ0v) is 13.5. The molecule has 0 spiro atoms. The lowest BCUT2D eigenvalue weighted by atomic mass is 9.90. The topological polar surface area (TPSA) is 18.5 Å². The summed E-state index contributed by atoms with van der Waals surface area (Å²) in [4.78, 5) is 0. The molecule has 0 aromatic carbocycles. The molecule has 2 atom stereocenters. The van der Waals surface area contributed by atoms with Gasteiger partial charge in [-0.25, -0.2) is 0 Å². The van der Waals surface area contributed by atoms with Gasteiger partial charge in [0.05, 0.1) is 23.4 Å². The Bertz CT molecular complexity index is 286. The monoisotopic (exact) mass is 268 g/mol. The van der Waals surface area contributed by atoms with E-state index in [2.05, 4.69) is 34.6 Å². The van der Waals surface area contributed by atoms with Crippen LogP contribution in [0.15, 0.2) is 0 Å². The quantitative estimate of drug-likeness (QED) is 0.719. The van der Waals surface area contributed by atoms with Gasteiger partial charge in [-0.2, -0.15) is 0 Å². The van der Waals surface area contributed by atoms with E-state index in [4.69, 9.17) is 9.47 Å². The number of ether oxygens (including phenoxy) is 2. The Morgan fingerprint density at radius 2 is 1.53 bits per heavy atom. The lowest BCUT2D eigenvalue weighted by Gasteiger charge is -2.37. The van der Waals surface area contributed by atoms with E-state index in [1.165, 1.54) is 44.9 Å². The van der Waals surface area contributed by atoms with Gasteiger partial charge in [0.15, 0.2) is 0 Å². The minimum absolute atomic E-state index is 0.00248. The SMILES string of the molecule is CC(C)(C)OC1CCC(CC(C)(C)OC2CCC2)C1. The van der Waals surface area contributed by atoms with Crippen LogP contribution in [0, 0.1) is 5.92 Å². The van der Waals surface area contributed by atoms with Crippen LogP contribution in [0.4, 0.5) is 0 Å². The van der Waals surface area contributed by atoms with Crippen molar-refractivity contribution in [3.63, 3.8) is 0 Å². The van der Waals surface area contributed by atoms with Gasteiger partial charge in [0.2, 0.25) is 0 Å². The molecule has 19 heavy (non-hydrogen) atoms. The summed E-state index contributed by atoms with van der Waals surface area (Å²) in [6.45, 7) is 11.0. The van der Waals surface area contributed by atoms with Crippen LogP contribution in [-0.4, -0.2) is 23.4 Å². The Kier molecular flexibility index (Phi) is 4.62. The molecule has 2 fully saturated rings. The summed E-state index contributed by atoms with van der Waals surface area (Å²) in [6.07, 6.45) is 9.82. The first kappa shape index (κ1) is 15.3. The fourth-order valence-electron chi connectivity index (χ4n) is 3.50. The lowest BCUT2D eigenvalue weighted by Crippen LogP contribution is -2.36. The summed E-state index contributed by atoms with van der Waals surface area (Å²) in [7, 11) is 0. The maximum absolute atomic E-state index is 6.23. The van der Waals surface area contributed by atoms with Crippen LogP contribution in [0.2, 0.25) is 0 Å². The first-order valence-corrected chi connectivity index (χ1v) is 8.09. The molecule has 0 aliphatic heterocycles. The molecule has 2 heteroatoms. The second-order valence-corrected chi connectivity index (χ2v) is 8.17. The van der Waals surface area contributed by atoms with Gasteiger partial charge in [-0.3, -0.25) is 0 Å². The van der Waals surface area contributed by atoms with Crippen LogP contribution in [-0.2, 0) is 9.47 Å². The fourth-order valence-corrected chi connectivity index (χ4v) is 3.50. The summed E-state index contributed by atoms with van der Waals surface area (Å²) in [5.41, 5.74) is 0.0455. The third-order valence-electron chi connectivity index (χ3n) is 4.33. The van der Waals surface area contributed by atoms with E-state index in [-0.39, 0.29) is 11.2 Å². The number of hydrogen-bond acceptors (Lipinski definition) is 2. The predicted molar refractivity (Wildman–Crippen MR) is 79.4 cm³/mol. The molecule has 112 valence electrons. The van der Waals surface area contributed by atoms with Gasteiger partial charge in [-0.05, 0) is 85.5 Å². The van der Waals surface area contributed by atoms with Crippen LogP contribution in [0.25, 0.3) is 0 Å². The third kappa shape index (κ3) is 5.07. The van der Waals surface area contributed by atoms with Crippen molar-refractivity contribution in [3.05, 3.63) is 0 Å². The predicted octanol–water partition coefficient (Wildman–Crippen LogP) is 4.71. The molecular weight excluding hydrogens is 236 g/mol. The molecule has 0 bridgehead atoms. The summed E-state index contributed by atoms with van der Waals surface area (Å²) >= 11 is 0. The van der Waals surface area contributed by atoms with Crippen molar-refractivity contribution in [3.8, 4) is 0 Å². The summed E-state index contributed by atoms with van der Waals surface area (Å²) in [5.74, 6) is 0.780. The van der Waals surface area contributed by atoms with Crippen LogP contribution >= 0.6 is 0 Å². The van der Waals surface area contributed by atoms with Crippen molar-refractivity contribution in [1.82, 2.24) is 0 Å². The molecule has 0 heterocycles. The van der Waals surface area contributed by atoms with Crippen molar-refractivity contribution in [2.45, 2.75) is 103 Å². The molecule has 2 aliphatic rings. The molecule has 2 rings (SSSR count). The number of rotatable bonds is 5. The van der Waals surface area contributed by atoms with Crippen molar-refractivity contribution >= 4 is 0 Å². The van der Waals surface area contributed by atoms with Gasteiger partial charge in [-0.15, -0.1) is 0 Å². The molecule has 0 saturated heterocycles. The maximum atomic E-state index is 6.23. The molecule has 0 aromatic heterocycles. The highest BCUT2D eigenvalue weighted by atomic mass is 16.5. The van der Waals surface area contributed by atoms with Crippen LogP contribution < -0.4 is 0 Å². The Hall–Kier alpha value is -0.0800. The summed E-state index contributed by atoms with van der Waals surface area (Å²) in [5, 5.41) is 0. The number of hydrogen-bond donors (Lipinski definition) is 0. The van der Waals surface area contributed by atoms with Gasteiger partial charge < -0.3 is 9.47 Å². The highest BCUT2D eigenvalue weighted by Gasteiger charge is 2.34. The minimum Gasteiger partial charge on any atom is -0.373 e. The van der Waals surface area contributed by atoms with Gasteiger partial charge in [-0.1, -0.05) is 0 Å². The van der Waals surface area contributed by atoms with E-state index >= 15 is 0 Å². The normalized spacial score (nSPS) is 29.5. The Balaban J connectivity index is 1.74. The molecule has 0 aromatic rings. The zero-order valence-electron chi connectivity index (χ0n) is 13.5. The Morgan fingerprint density at radius 1 is 0.842 bits per heavy atom. The van der Waals surface area contributed by atoms with Crippen molar-refractivity contribution in [2.24, 2.45) is 5.92 Å². The van der Waals surface area contributed by atoms with Gasteiger partial charge >= 0.3 is 0 Å². The second kappa shape index (κ2) is 5.73.